The zero-order valence-electron chi connectivity index (χ0n) is 13.1. The minimum atomic E-state index is 0.265. The summed E-state index contributed by atoms with van der Waals surface area (Å²) in [6.45, 7) is 10.8. The van der Waals surface area contributed by atoms with E-state index in [2.05, 4.69) is 31.0 Å². The molecule has 1 saturated heterocycles. The lowest BCUT2D eigenvalue weighted by Crippen LogP contribution is -2.46. The molecule has 0 spiro atoms. The van der Waals surface area contributed by atoms with Crippen molar-refractivity contribution in [2.45, 2.75) is 70.9 Å². The molecule has 0 aromatic rings. The molecule has 2 nitrogen and oxygen atoms in total. The molecule has 2 saturated carbocycles. The van der Waals surface area contributed by atoms with E-state index in [0.717, 1.165) is 23.8 Å². The molecule has 110 valence electrons. The Morgan fingerprint density at radius 1 is 1.11 bits per heavy atom. The van der Waals surface area contributed by atoms with Crippen molar-refractivity contribution in [3.05, 3.63) is 0 Å². The zero-order chi connectivity index (χ0) is 13.5. The summed E-state index contributed by atoms with van der Waals surface area (Å²) in [5, 5.41) is 3.71. The average Bonchev–Trinajstić information content (AvgIpc) is 3.01. The van der Waals surface area contributed by atoms with Crippen LogP contribution in [0.2, 0.25) is 0 Å². The topological polar surface area (TPSA) is 15.3 Å². The first-order valence-electron chi connectivity index (χ1n) is 8.50. The Morgan fingerprint density at radius 2 is 1.95 bits per heavy atom. The molecule has 4 unspecified atom stereocenters. The highest BCUT2D eigenvalue weighted by atomic mass is 15.2. The summed E-state index contributed by atoms with van der Waals surface area (Å²) in [5.41, 5.74) is 0.265. The van der Waals surface area contributed by atoms with Crippen LogP contribution < -0.4 is 5.32 Å². The number of nitrogens with one attached hydrogen (secondary N) is 1. The molecule has 0 amide bonds. The van der Waals surface area contributed by atoms with Crippen molar-refractivity contribution in [2.24, 2.45) is 17.8 Å². The standard InChI is InChI=1S/C17H32N2/c1-17(2,3)18-11-16-5-4-8-19(16)12-15-10-13-6-7-14(15)9-13/h13-16,18H,4-12H2,1-3H3. The Bertz CT molecular complexity index is 307. The second-order valence-electron chi connectivity index (χ2n) is 8.36. The highest BCUT2D eigenvalue weighted by Crippen LogP contribution is 2.48. The molecule has 19 heavy (non-hydrogen) atoms. The first kappa shape index (κ1) is 13.9. The molecule has 2 aliphatic carbocycles. The quantitative estimate of drug-likeness (QED) is 0.838. The summed E-state index contributed by atoms with van der Waals surface area (Å²) in [6.07, 6.45) is 9.00. The largest absolute Gasteiger partial charge is 0.311 e. The van der Waals surface area contributed by atoms with Gasteiger partial charge in [0.2, 0.25) is 0 Å². The third-order valence-corrected chi connectivity index (χ3v) is 5.72. The van der Waals surface area contributed by atoms with Crippen LogP contribution in [0.5, 0.6) is 0 Å². The minimum absolute atomic E-state index is 0.265. The van der Waals surface area contributed by atoms with Crippen LogP contribution in [0.15, 0.2) is 0 Å². The number of rotatable bonds is 4. The summed E-state index contributed by atoms with van der Waals surface area (Å²) < 4.78 is 0. The zero-order valence-corrected chi connectivity index (χ0v) is 13.1. The lowest BCUT2D eigenvalue weighted by Gasteiger charge is -2.33. The molecule has 0 aromatic heterocycles. The van der Waals surface area contributed by atoms with Crippen LogP contribution in [-0.4, -0.2) is 36.1 Å². The first-order valence-corrected chi connectivity index (χ1v) is 8.50. The van der Waals surface area contributed by atoms with Crippen molar-refractivity contribution >= 4 is 0 Å². The fourth-order valence-corrected chi connectivity index (χ4v) is 4.69. The molecule has 0 radical (unpaired) electrons. The van der Waals surface area contributed by atoms with Crippen molar-refractivity contribution in [2.75, 3.05) is 19.6 Å². The molecular weight excluding hydrogens is 232 g/mol. The Balaban J connectivity index is 1.49. The van der Waals surface area contributed by atoms with Gasteiger partial charge < -0.3 is 5.32 Å². The van der Waals surface area contributed by atoms with Crippen LogP contribution in [0.25, 0.3) is 0 Å². The summed E-state index contributed by atoms with van der Waals surface area (Å²) in [6, 6.07) is 0.804. The van der Waals surface area contributed by atoms with Crippen LogP contribution in [0.3, 0.4) is 0 Å². The maximum absolute atomic E-state index is 3.71. The lowest BCUT2D eigenvalue weighted by molar-refractivity contribution is 0.170. The Hall–Kier alpha value is -0.0800. The smallest absolute Gasteiger partial charge is 0.0221 e. The number of likely N-dealkylation sites (tertiary alicyclic amines) is 1. The second kappa shape index (κ2) is 5.37. The molecule has 2 bridgehead atoms. The maximum atomic E-state index is 3.71. The van der Waals surface area contributed by atoms with E-state index in [1.165, 1.54) is 45.3 Å². The van der Waals surface area contributed by atoms with Crippen LogP contribution in [0.1, 0.15) is 59.3 Å². The van der Waals surface area contributed by atoms with E-state index in [-0.39, 0.29) is 5.54 Å². The first-order chi connectivity index (χ1) is 9.01. The highest BCUT2D eigenvalue weighted by molar-refractivity contribution is 4.93. The fraction of sp³-hybridized carbons (Fsp3) is 1.00. The maximum Gasteiger partial charge on any atom is 0.0221 e. The van der Waals surface area contributed by atoms with Gasteiger partial charge in [0.15, 0.2) is 0 Å². The van der Waals surface area contributed by atoms with Crippen molar-refractivity contribution < 1.29 is 0 Å². The molecule has 3 fully saturated rings. The van der Waals surface area contributed by atoms with E-state index < -0.39 is 0 Å². The third kappa shape index (κ3) is 3.33. The summed E-state index contributed by atoms with van der Waals surface area (Å²) in [7, 11) is 0. The Kier molecular flexibility index (Phi) is 3.92. The van der Waals surface area contributed by atoms with Crippen molar-refractivity contribution in [1.82, 2.24) is 10.2 Å². The van der Waals surface area contributed by atoms with Crippen molar-refractivity contribution in [3.8, 4) is 0 Å². The summed E-state index contributed by atoms with van der Waals surface area (Å²) in [4.78, 5) is 2.81. The predicted molar refractivity (Wildman–Crippen MR) is 81.3 cm³/mol. The van der Waals surface area contributed by atoms with Crippen molar-refractivity contribution in [3.63, 3.8) is 0 Å². The number of nitrogens with zero attached hydrogens (tertiary/aromatic N) is 1. The van der Waals surface area contributed by atoms with Gasteiger partial charge in [-0.1, -0.05) is 6.42 Å². The van der Waals surface area contributed by atoms with E-state index in [1.54, 1.807) is 12.8 Å². The van der Waals surface area contributed by atoms with Gasteiger partial charge in [0.1, 0.15) is 0 Å². The fourth-order valence-electron chi connectivity index (χ4n) is 4.69. The third-order valence-electron chi connectivity index (χ3n) is 5.72. The molecular formula is C17H32N2. The molecule has 1 aliphatic heterocycles. The van der Waals surface area contributed by atoms with Gasteiger partial charge in [-0.2, -0.15) is 0 Å². The van der Waals surface area contributed by atoms with Crippen LogP contribution >= 0.6 is 0 Å². The van der Waals surface area contributed by atoms with Gasteiger partial charge in [-0.15, -0.1) is 0 Å². The SMILES string of the molecule is CC(C)(C)NCC1CCCN1CC1CC2CCC1C2. The van der Waals surface area contributed by atoms with Crippen LogP contribution in [-0.2, 0) is 0 Å². The van der Waals surface area contributed by atoms with E-state index >= 15 is 0 Å². The summed E-state index contributed by atoms with van der Waals surface area (Å²) in [5.74, 6) is 3.22. The Morgan fingerprint density at radius 3 is 2.58 bits per heavy atom. The highest BCUT2D eigenvalue weighted by Gasteiger charge is 2.41. The van der Waals surface area contributed by atoms with E-state index in [0.29, 0.717) is 0 Å². The number of hydrogen-bond acceptors (Lipinski definition) is 2. The van der Waals surface area contributed by atoms with Gasteiger partial charge in [0, 0.05) is 24.7 Å². The van der Waals surface area contributed by atoms with E-state index in [9.17, 15) is 0 Å². The summed E-state index contributed by atoms with van der Waals surface area (Å²) >= 11 is 0. The van der Waals surface area contributed by atoms with E-state index in [4.69, 9.17) is 0 Å². The van der Waals surface area contributed by atoms with Gasteiger partial charge in [-0.25, -0.2) is 0 Å². The van der Waals surface area contributed by atoms with Crippen molar-refractivity contribution in [1.29, 1.82) is 0 Å². The van der Waals surface area contributed by atoms with E-state index in [1.807, 2.05) is 0 Å². The molecule has 1 N–H and O–H groups in total. The number of fused-ring (bicyclic) bond motifs is 2. The van der Waals surface area contributed by atoms with Gasteiger partial charge in [-0.3, -0.25) is 4.90 Å². The van der Waals surface area contributed by atoms with Gasteiger partial charge >= 0.3 is 0 Å². The molecule has 3 aliphatic rings. The number of hydrogen-bond donors (Lipinski definition) is 1. The molecule has 3 rings (SSSR count). The minimum Gasteiger partial charge on any atom is -0.311 e. The molecule has 0 aromatic carbocycles. The van der Waals surface area contributed by atoms with Gasteiger partial charge in [0.05, 0.1) is 0 Å². The predicted octanol–water partition coefficient (Wildman–Crippen LogP) is 3.28. The van der Waals surface area contributed by atoms with Crippen LogP contribution in [0, 0.1) is 17.8 Å². The Labute approximate surface area is 119 Å². The molecule has 4 atom stereocenters. The molecule has 1 heterocycles. The van der Waals surface area contributed by atoms with Crippen LogP contribution in [0.4, 0.5) is 0 Å². The van der Waals surface area contributed by atoms with Gasteiger partial charge in [0.25, 0.3) is 0 Å². The second-order valence-corrected chi connectivity index (χ2v) is 8.36. The lowest BCUT2D eigenvalue weighted by atomic mass is 9.88. The monoisotopic (exact) mass is 264 g/mol. The normalized spacial score (nSPS) is 39.3. The average molecular weight is 264 g/mol. The van der Waals surface area contributed by atoms with Gasteiger partial charge in [-0.05, 0) is 77.2 Å². The molecule has 2 heteroatoms.